The normalized spacial score (nSPS) is 11.1. The van der Waals surface area contributed by atoms with Crippen LogP contribution in [0.5, 0.6) is 5.75 Å². The summed E-state index contributed by atoms with van der Waals surface area (Å²) in [5.74, 6) is 0.147. The topological polar surface area (TPSA) is 70.1 Å². The summed E-state index contributed by atoms with van der Waals surface area (Å²) in [6.45, 7) is 10.4. The Hall–Kier alpha value is -2.86. The minimum Gasteiger partial charge on any atom is -0.492 e. The summed E-state index contributed by atoms with van der Waals surface area (Å²) in [4.78, 5) is 27.8. The number of carbonyl (C=O) groups excluding carboxylic acids is 1. The second-order valence-corrected chi connectivity index (χ2v) is 9.71. The fraction of sp³-hybridized carbons (Fsp3) is 0.548. The standard InChI is InChI=1S/C31H46N2O4/c1-5-8-9-10-11-15-30(34)32(4)24-26-13-12-14-27(22-26)28-18-16-25(17-19-31(35)36)23-29(28)37-21-20-33(6-2)7-3/h12-14,16,18,22-23H,5-11,15,17,19-21,24H2,1-4H3,(H,35,36). The van der Waals surface area contributed by atoms with Crippen molar-refractivity contribution in [2.24, 2.45) is 0 Å². The zero-order valence-corrected chi connectivity index (χ0v) is 23.3. The first-order chi connectivity index (χ1) is 17.9. The Morgan fingerprint density at radius 3 is 2.35 bits per heavy atom. The van der Waals surface area contributed by atoms with Gasteiger partial charge in [0.2, 0.25) is 5.91 Å². The number of unbranched alkanes of at least 4 members (excludes halogenated alkanes) is 4. The molecule has 1 amide bonds. The molecule has 0 fully saturated rings. The first-order valence-corrected chi connectivity index (χ1v) is 13.9. The molecular weight excluding hydrogens is 464 g/mol. The average Bonchev–Trinajstić information content (AvgIpc) is 2.90. The molecule has 37 heavy (non-hydrogen) atoms. The number of amides is 1. The maximum absolute atomic E-state index is 12.6. The number of aryl methyl sites for hydroxylation is 1. The molecular formula is C31H46N2O4. The van der Waals surface area contributed by atoms with Crippen molar-refractivity contribution in [3.05, 3.63) is 53.6 Å². The monoisotopic (exact) mass is 510 g/mol. The van der Waals surface area contributed by atoms with Gasteiger partial charge in [-0.25, -0.2) is 0 Å². The van der Waals surface area contributed by atoms with E-state index in [9.17, 15) is 9.59 Å². The Morgan fingerprint density at radius 1 is 0.892 bits per heavy atom. The number of hydrogen-bond donors (Lipinski definition) is 1. The lowest BCUT2D eigenvalue weighted by molar-refractivity contribution is -0.137. The van der Waals surface area contributed by atoms with Crippen molar-refractivity contribution in [3.8, 4) is 16.9 Å². The fourth-order valence-corrected chi connectivity index (χ4v) is 4.43. The van der Waals surface area contributed by atoms with Crippen molar-refractivity contribution in [2.45, 2.75) is 78.7 Å². The van der Waals surface area contributed by atoms with E-state index >= 15 is 0 Å². The number of benzene rings is 2. The van der Waals surface area contributed by atoms with E-state index in [1.807, 2.05) is 36.2 Å². The third-order valence-corrected chi connectivity index (χ3v) is 6.81. The van der Waals surface area contributed by atoms with Crippen LogP contribution in [0.2, 0.25) is 0 Å². The van der Waals surface area contributed by atoms with Gasteiger partial charge in [-0.05, 0) is 54.8 Å². The second-order valence-electron chi connectivity index (χ2n) is 9.71. The molecule has 0 saturated heterocycles. The number of carbonyl (C=O) groups is 2. The van der Waals surface area contributed by atoms with Gasteiger partial charge in [0, 0.05) is 38.5 Å². The molecule has 6 nitrogen and oxygen atoms in total. The molecule has 0 aromatic heterocycles. The average molecular weight is 511 g/mol. The summed E-state index contributed by atoms with van der Waals surface area (Å²) >= 11 is 0. The molecule has 0 aliphatic carbocycles. The zero-order chi connectivity index (χ0) is 27.0. The van der Waals surface area contributed by atoms with Crippen molar-refractivity contribution in [3.63, 3.8) is 0 Å². The largest absolute Gasteiger partial charge is 0.492 e. The van der Waals surface area contributed by atoms with E-state index in [2.05, 4.69) is 43.9 Å². The maximum atomic E-state index is 12.6. The molecule has 0 spiro atoms. The highest BCUT2D eigenvalue weighted by Crippen LogP contribution is 2.32. The lowest BCUT2D eigenvalue weighted by atomic mass is 9.99. The van der Waals surface area contributed by atoms with Gasteiger partial charge in [0.15, 0.2) is 0 Å². The van der Waals surface area contributed by atoms with Gasteiger partial charge in [-0.15, -0.1) is 0 Å². The highest BCUT2D eigenvalue weighted by atomic mass is 16.5. The summed E-state index contributed by atoms with van der Waals surface area (Å²) < 4.78 is 6.25. The molecule has 2 aromatic rings. The Bertz CT molecular complexity index is 971. The number of carboxylic acids is 1. The Morgan fingerprint density at radius 2 is 1.65 bits per heavy atom. The number of rotatable bonds is 18. The first-order valence-electron chi connectivity index (χ1n) is 13.9. The summed E-state index contributed by atoms with van der Waals surface area (Å²) in [5.41, 5.74) is 4.03. The minimum atomic E-state index is -0.805. The van der Waals surface area contributed by atoms with E-state index in [0.717, 1.165) is 60.5 Å². The van der Waals surface area contributed by atoms with Crippen LogP contribution in [0, 0.1) is 0 Å². The van der Waals surface area contributed by atoms with Crippen LogP contribution in [0.1, 0.15) is 76.8 Å². The molecule has 0 bridgehead atoms. The molecule has 0 atom stereocenters. The number of likely N-dealkylation sites (N-methyl/N-ethyl adjacent to an activating group) is 1. The lowest BCUT2D eigenvalue weighted by Crippen LogP contribution is -2.28. The van der Waals surface area contributed by atoms with Gasteiger partial charge in [-0.2, -0.15) is 0 Å². The van der Waals surface area contributed by atoms with Crippen molar-refractivity contribution in [1.82, 2.24) is 9.80 Å². The third-order valence-electron chi connectivity index (χ3n) is 6.81. The van der Waals surface area contributed by atoms with Crippen molar-refractivity contribution in [1.29, 1.82) is 0 Å². The summed E-state index contributed by atoms with van der Waals surface area (Å²) in [7, 11) is 1.88. The number of hydrogen-bond acceptors (Lipinski definition) is 4. The van der Waals surface area contributed by atoms with Crippen LogP contribution in [0.25, 0.3) is 11.1 Å². The molecule has 6 heteroatoms. The van der Waals surface area contributed by atoms with Crippen LogP contribution < -0.4 is 4.74 Å². The van der Waals surface area contributed by atoms with Gasteiger partial charge in [0.05, 0.1) is 0 Å². The minimum absolute atomic E-state index is 0.0900. The van der Waals surface area contributed by atoms with E-state index in [1.165, 1.54) is 19.3 Å². The number of ether oxygens (including phenoxy) is 1. The fourth-order valence-electron chi connectivity index (χ4n) is 4.43. The van der Waals surface area contributed by atoms with E-state index in [1.54, 1.807) is 0 Å². The van der Waals surface area contributed by atoms with Gasteiger partial charge in [0.1, 0.15) is 12.4 Å². The predicted octanol–water partition coefficient (Wildman–Crippen LogP) is 6.41. The molecule has 0 aliphatic heterocycles. The van der Waals surface area contributed by atoms with Crippen LogP contribution in [0.3, 0.4) is 0 Å². The van der Waals surface area contributed by atoms with E-state index in [4.69, 9.17) is 9.84 Å². The smallest absolute Gasteiger partial charge is 0.303 e. The molecule has 0 heterocycles. The summed E-state index contributed by atoms with van der Waals surface area (Å²) in [5, 5.41) is 9.09. The summed E-state index contributed by atoms with van der Waals surface area (Å²) in [6.07, 6.45) is 6.86. The molecule has 0 saturated carbocycles. The quantitative estimate of drug-likeness (QED) is 0.235. The van der Waals surface area contributed by atoms with E-state index < -0.39 is 5.97 Å². The Kier molecular flexibility index (Phi) is 13.8. The SMILES string of the molecule is CCCCCCCC(=O)N(C)Cc1cccc(-c2ccc(CCC(=O)O)cc2OCCN(CC)CC)c1. The molecule has 2 rings (SSSR count). The highest BCUT2D eigenvalue weighted by molar-refractivity contribution is 5.76. The zero-order valence-electron chi connectivity index (χ0n) is 23.3. The highest BCUT2D eigenvalue weighted by Gasteiger charge is 2.13. The molecule has 0 aliphatic rings. The molecule has 0 radical (unpaired) electrons. The predicted molar refractivity (Wildman–Crippen MR) is 151 cm³/mol. The summed E-state index contributed by atoms with van der Waals surface area (Å²) in [6, 6.07) is 14.2. The van der Waals surface area contributed by atoms with Gasteiger partial charge in [0.25, 0.3) is 0 Å². The molecule has 204 valence electrons. The van der Waals surface area contributed by atoms with Gasteiger partial charge >= 0.3 is 5.97 Å². The van der Waals surface area contributed by atoms with Crippen LogP contribution in [0.4, 0.5) is 0 Å². The number of nitrogens with zero attached hydrogens (tertiary/aromatic N) is 2. The van der Waals surface area contributed by atoms with Crippen LogP contribution in [-0.2, 0) is 22.6 Å². The van der Waals surface area contributed by atoms with Gasteiger partial charge in [-0.3, -0.25) is 9.59 Å². The lowest BCUT2D eigenvalue weighted by Gasteiger charge is -2.20. The van der Waals surface area contributed by atoms with Crippen LogP contribution >= 0.6 is 0 Å². The Balaban J connectivity index is 2.14. The number of carboxylic acid groups (broad SMARTS) is 1. The first kappa shape index (κ1) is 30.4. The molecule has 1 N–H and O–H groups in total. The number of aliphatic carboxylic acids is 1. The maximum Gasteiger partial charge on any atom is 0.303 e. The van der Waals surface area contributed by atoms with Crippen molar-refractivity contribution >= 4 is 11.9 Å². The molecule has 0 unspecified atom stereocenters. The Labute approximate surface area is 223 Å². The van der Waals surface area contributed by atoms with Crippen molar-refractivity contribution in [2.75, 3.05) is 33.3 Å². The van der Waals surface area contributed by atoms with Crippen LogP contribution in [0.15, 0.2) is 42.5 Å². The van der Waals surface area contributed by atoms with Gasteiger partial charge < -0.3 is 19.6 Å². The van der Waals surface area contributed by atoms with E-state index in [0.29, 0.717) is 26.0 Å². The third kappa shape index (κ3) is 11.0. The van der Waals surface area contributed by atoms with Crippen LogP contribution in [-0.4, -0.2) is 60.1 Å². The van der Waals surface area contributed by atoms with Gasteiger partial charge in [-0.1, -0.05) is 76.8 Å². The second kappa shape index (κ2) is 16.8. The van der Waals surface area contributed by atoms with Crippen molar-refractivity contribution < 1.29 is 19.4 Å². The molecule has 2 aromatic carbocycles. The van der Waals surface area contributed by atoms with E-state index in [-0.39, 0.29) is 12.3 Å².